The number of fused-ring (bicyclic) bond motifs is 1. The van der Waals surface area contributed by atoms with Crippen LogP contribution in [0.5, 0.6) is 0 Å². The largest absolute Gasteiger partial charge is 0.451 e. The van der Waals surface area contributed by atoms with Crippen LogP contribution >= 0.6 is 0 Å². The van der Waals surface area contributed by atoms with Crippen molar-refractivity contribution >= 4 is 16.9 Å². The van der Waals surface area contributed by atoms with Gasteiger partial charge in [-0.05, 0) is 18.6 Å². The molecule has 2 aromatic rings. The second kappa shape index (κ2) is 5.67. The highest BCUT2D eigenvalue weighted by Gasteiger charge is 2.12. The molecule has 0 aliphatic rings. The van der Waals surface area contributed by atoms with Crippen molar-refractivity contribution in [3.05, 3.63) is 46.3 Å². The third-order valence-electron chi connectivity index (χ3n) is 2.83. The van der Waals surface area contributed by atoms with Gasteiger partial charge in [0, 0.05) is 12.6 Å². The molecule has 2 N–H and O–H groups in total. The summed E-state index contributed by atoms with van der Waals surface area (Å²) in [6.07, 6.45) is -0.0572. The smallest absolute Gasteiger partial charge is 0.287 e. The van der Waals surface area contributed by atoms with Crippen LogP contribution in [-0.2, 0) is 0 Å². The predicted octanol–water partition coefficient (Wildman–Crippen LogP) is 1.29. The van der Waals surface area contributed by atoms with Crippen LogP contribution in [0.4, 0.5) is 0 Å². The monoisotopic (exact) mass is 261 g/mol. The van der Waals surface area contributed by atoms with Crippen LogP contribution in [0.25, 0.3) is 11.0 Å². The number of aliphatic hydroxyl groups is 1. The van der Waals surface area contributed by atoms with Gasteiger partial charge in [-0.15, -0.1) is 0 Å². The molecule has 5 heteroatoms. The molecule has 2 rings (SSSR count). The lowest BCUT2D eigenvalue weighted by atomic mass is 10.2. The number of nitrogens with one attached hydrogen (secondary N) is 1. The first-order valence-corrected chi connectivity index (χ1v) is 6.11. The first-order chi connectivity index (χ1) is 9.11. The molecule has 0 aliphatic carbocycles. The summed E-state index contributed by atoms with van der Waals surface area (Å²) >= 11 is 0. The molecule has 0 fully saturated rings. The quantitative estimate of drug-likeness (QED) is 0.869. The van der Waals surface area contributed by atoms with E-state index >= 15 is 0 Å². The third kappa shape index (κ3) is 3.00. The number of amides is 1. The minimum atomic E-state index is -0.601. The van der Waals surface area contributed by atoms with E-state index in [0.717, 1.165) is 6.07 Å². The first-order valence-electron chi connectivity index (χ1n) is 6.11. The fraction of sp³-hybridized carbons (Fsp3) is 0.286. The molecular weight excluding hydrogens is 246 g/mol. The van der Waals surface area contributed by atoms with E-state index in [2.05, 4.69) is 5.32 Å². The molecule has 0 spiro atoms. The van der Waals surface area contributed by atoms with Crippen LogP contribution in [-0.4, -0.2) is 23.7 Å². The van der Waals surface area contributed by atoms with Crippen LogP contribution in [0, 0.1) is 0 Å². The molecular formula is C14H15NO4. The average molecular weight is 261 g/mol. The van der Waals surface area contributed by atoms with Gasteiger partial charge in [0.25, 0.3) is 5.91 Å². The van der Waals surface area contributed by atoms with Gasteiger partial charge in [-0.2, -0.15) is 0 Å². The highest BCUT2D eigenvalue weighted by molar-refractivity contribution is 5.93. The Hall–Kier alpha value is -2.14. The molecule has 1 aromatic heterocycles. The Bertz CT molecular complexity index is 647. The Morgan fingerprint density at radius 1 is 1.42 bits per heavy atom. The maximum absolute atomic E-state index is 11.8. The second-order valence-corrected chi connectivity index (χ2v) is 4.24. The lowest BCUT2D eigenvalue weighted by Crippen LogP contribution is -2.32. The summed E-state index contributed by atoms with van der Waals surface area (Å²) in [5.41, 5.74) is 0.110. The summed E-state index contributed by atoms with van der Waals surface area (Å²) in [5.74, 6) is -0.553. The number of carbonyl (C=O) groups excluding carboxylic acids is 1. The van der Waals surface area contributed by atoms with Crippen molar-refractivity contribution in [2.75, 3.05) is 6.54 Å². The van der Waals surface area contributed by atoms with Crippen LogP contribution in [0.2, 0.25) is 0 Å². The summed E-state index contributed by atoms with van der Waals surface area (Å²) < 4.78 is 5.38. The van der Waals surface area contributed by atoms with Crippen molar-refractivity contribution in [3.63, 3.8) is 0 Å². The average Bonchev–Trinajstić information content (AvgIpc) is 2.44. The Labute approximate surface area is 109 Å². The van der Waals surface area contributed by atoms with E-state index in [0.29, 0.717) is 17.4 Å². The van der Waals surface area contributed by atoms with Crippen LogP contribution in [0.3, 0.4) is 0 Å². The summed E-state index contributed by atoms with van der Waals surface area (Å²) in [6.45, 7) is 1.94. The Morgan fingerprint density at radius 2 is 2.16 bits per heavy atom. The molecule has 0 bridgehead atoms. The van der Waals surface area contributed by atoms with Crippen LogP contribution in [0.1, 0.15) is 23.9 Å². The van der Waals surface area contributed by atoms with Crippen molar-refractivity contribution in [1.82, 2.24) is 5.32 Å². The highest BCUT2D eigenvalue weighted by atomic mass is 16.3. The number of aliphatic hydroxyl groups excluding tert-OH is 1. The maximum Gasteiger partial charge on any atom is 0.287 e. The van der Waals surface area contributed by atoms with E-state index in [9.17, 15) is 14.7 Å². The minimum Gasteiger partial charge on any atom is -0.451 e. The van der Waals surface area contributed by atoms with Crippen molar-refractivity contribution in [2.45, 2.75) is 19.4 Å². The van der Waals surface area contributed by atoms with Gasteiger partial charge in [0.05, 0.1) is 11.5 Å². The third-order valence-corrected chi connectivity index (χ3v) is 2.83. The van der Waals surface area contributed by atoms with Gasteiger partial charge in [0.1, 0.15) is 5.58 Å². The van der Waals surface area contributed by atoms with E-state index in [1.165, 1.54) is 0 Å². The van der Waals surface area contributed by atoms with Gasteiger partial charge in [0.2, 0.25) is 0 Å². The van der Waals surface area contributed by atoms with Crippen molar-refractivity contribution in [1.29, 1.82) is 0 Å². The van der Waals surface area contributed by atoms with Crippen LogP contribution in [0.15, 0.2) is 39.5 Å². The van der Waals surface area contributed by atoms with E-state index in [-0.39, 0.29) is 17.7 Å². The fourth-order valence-electron chi connectivity index (χ4n) is 1.66. The number of hydrogen-bond acceptors (Lipinski definition) is 4. The molecule has 1 amide bonds. The number of para-hydroxylation sites is 1. The Kier molecular flexibility index (Phi) is 3.97. The molecule has 100 valence electrons. The highest BCUT2D eigenvalue weighted by Crippen LogP contribution is 2.11. The molecule has 1 unspecified atom stereocenters. The molecule has 1 heterocycles. The fourth-order valence-corrected chi connectivity index (χ4v) is 1.66. The molecule has 0 aliphatic heterocycles. The molecule has 19 heavy (non-hydrogen) atoms. The zero-order valence-electron chi connectivity index (χ0n) is 10.6. The van der Waals surface area contributed by atoms with Crippen molar-refractivity contribution in [2.24, 2.45) is 0 Å². The standard InChI is InChI=1S/C14H15NO4/c1-2-9(16)8-15-14(18)13-7-11(17)10-5-3-4-6-12(10)19-13/h3-7,9,16H,2,8H2,1H3,(H,15,18). The summed E-state index contributed by atoms with van der Waals surface area (Å²) in [6, 6.07) is 7.90. The van der Waals surface area contributed by atoms with Crippen molar-refractivity contribution in [3.8, 4) is 0 Å². The van der Waals surface area contributed by atoms with E-state index < -0.39 is 12.0 Å². The zero-order valence-corrected chi connectivity index (χ0v) is 10.6. The molecule has 0 saturated carbocycles. The van der Waals surface area contributed by atoms with Gasteiger partial charge in [0.15, 0.2) is 11.2 Å². The van der Waals surface area contributed by atoms with Gasteiger partial charge in [-0.1, -0.05) is 19.1 Å². The maximum atomic E-state index is 11.8. The van der Waals surface area contributed by atoms with Gasteiger partial charge >= 0.3 is 0 Å². The van der Waals surface area contributed by atoms with Gasteiger partial charge in [-0.3, -0.25) is 9.59 Å². The topological polar surface area (TPSA) is 79.5 Å². The lowest BCUT2D eigenvalue weighted by molar-refractivity contribution is 0.0887. The van der Waals surface area contributed by atoms with E-state index in [1.54, 1.807) is 24.3 Å². The SMILES string of the molecule is CCC(O)CNC(=O)c1cc(=O)c2ccccc2o1. The number of benzene rings is 1. The lowest BCUT2D eigenvalue weighted by Gasteiger charge is -2.09. The molecule has 0 saturated heterocycles. The van der Waals surface area contributed by atoms with Crippen LogP contribution < -0.4 is 10.7 Å². The predicted molar refractivity (Wildman–Crippen MR) is 71.1 cm³/mol. The number of rotatable bonds is 4. The summed E-state index contributed by atoms with van der Waals surface area (Å²) in [5, 5.41) is 12.3. The summed E-state index contributed by atoms with van der Waals surface area (Å²) in [4.78, 5) is 23.6. The first kappa shape index (κ1) is 13.3. The normalized spacial score (nSPS) is 12.3. The summed E-state index contributed by atoms with van der Waals surface area (Å²) in [7, 11) is 0. The van der Waals surface area contributed by atoms with Gasteiger partial charge in [-0.25, -0.2) is 0 Å². The zero-order chi connectivity index (χ0) is 13.8. The second-order valence-electron chi connectivity index (χ2n) is 4.24. The number of hydrogen-bond donors (Lipinski definition) is 2. The van der Waals surface area contributed by atoms with E-state index in [1.807, 2.05) is 6.92 Å². The molecule has 1 aromatic carbocycles. The molecule has 1 atom stereocenters. The Balaban J connectivity index is 2.25. The van der Waals surface area contributed by atoms with Gasteiger partial charge < -0.3 is 14.8 Å². The molecule has 0 radical (unpaired) electrons. The van der Waals surface area contributed by atoms with E-state index in [4.69, 9.17) is 4.42 Å². The molecule has 5 nitrogen and oxygen atoms in total. The Morgan fingerprint density at radius 3 is 2.89 bits per heavy atom. The van der Waals surface area contributed by atoms with Crippen molar-refractivity contribution < 1.29 is 14.3 Å². The number of carbonyl (C=O) groups is 1. The minimum absolute atomic E-state index is 0.0491.